The molecule has 1 atom stereocenters. The lowest BCUT2D eigenvalue weighted by Gasteiger charge is -2.38. The van der Waals surface area contributed by atoms with E-state index in [9.17, 15) is 0 Å². The van der Waals surface area contributed by atoms with Gasteiger partial charge in [0.2, 0.25) is 0 Å². The van der Waals surface area contributed by atoms with Crippen molar-refractivity contribution >= 4 is 16.7 Å². The maximum Gasteiger partial charge on any atom is 0.0432 e. The summed E-state index contributed by atoms with van der Waals surface area (Å²) in [4.78, 5) is 0. The minimum Gasteiger partial charge on any atom is -0.0751 e. The maximum absolute atomic E-state index is 2.44. The van der Waals surface area contributed by atoms with E-state index >= 15 is 0 Å². The van der Waals surface area contributed by atoms with Crippen molar-refractivity contribution < 1.29 is 0 Å². The zero-order chi connectivity index (χ0) is 25.6. The highest BCUT2D eigenvalue weighted by atomic mass is 14.4. The summed E-state index contributed by atoms with van der Waals surface area (Å²) in [6, 6.07) is 54.3. The fraction of sp³-hybridized carbons (Fsp3) is 0.0526. The Kier molecular flexibility index (Phi) is 6.70. The SMILES string of the molecule is C1=CC(C(=C(c2ccccc2)c2ccccc2)c2ccccc2)(c2ccccc2)CC=C1c1ccccc1. The monoisotopic (exact) mass is 486 g/mol. The summed E-state index contributed by atoms with van der Waals surface area (Å²) in [5, 5.41) is 0. The normalized spacial score (nSPS) is 16.5. The second-order valence-electron chi connectivity index (χ2n) is 9.75. The molecular weight excluding hydrogens is 456 g/mol. The fourth-order valence-corrected chi connectivity index (χ4v) is 5.66. The first-order valence-corrected chi connectivity index (χ1v) is 13.3. The Morgan fingerprint density at radius 2 is 0.921 bits per heavy atom. The molecule has 0 aliphatic heterocycles. The molecule has 6 rings (SSSR count). The second kappa shape index (κ2) is 10.7. The summed E-state index contributed by atoms with van der Waals surface area (Å²) in [7, 11) is 0. The summed E-state index contributed by atoms with van der Waals surface area (Å²) in [6.45, 7) is 0. The molecule has 0 fully saturated rings. The van der Waals surface area contributed by atoms with Crippen molar-refractivity contribution in [2.45, 2.75) is 11.8 Å². The molecule has 1 aliphatic carbocycles. The lowest BCUT2D eigenvalue weighted by molar-refractivity contribution is 0.699. The Morgan fingerprint density at radius 1 is 0.474 bits per heavy atom. The smallest absolute Gasteiger partial charge is 0.0432 e. The summed E-state index contributed by atoms with van der Waals surface area (Å²) in [5.74, 6) is 0. The third-order valence-corrected chi connectivity index (χ3v) is 7.47. The van der Waals surface area contributed by atoms with E-state index in [0.29, 0.717) is 0 Å². The van der Waals surface area contributed by atoms with Crippen LogP contribution in [0.3, 0.4) is 0 Å². The number of rotatable bonds is 6. The van der Waals surface area contributed by atoms with Crippen LogP contribution >= 0.6 is 0 Å². The van der Waals surface area contributed by atoms with Crippen LogP contribution in [0.15, 0.2) is 170 Å². The Morgan fingerprint density at radius 3 is 1.39 bits per heavy atom. The Labute approximate surface area is 226 Å². The molecule has 0 heteroatoms. The van der Waals surface area contributed by atoms with Crippen LogP contribution in [0.25, 0.3) is 16.7 Å². The Balaban J connectivity index is 1.68. The molecule has 1 unspecified atom stereocenters. The van der Waals surface area contributed by atoms with E-state index in [4.69, 9.17) is 0 Å². The fourth-order valence-electron chi connectivity index (χ4n) is 5.66. The second-order valence-corrected chi connectivity index (χ2v) is 9.75. The van der Waals surface area contributed by atoms with Gasteiger partial charge in [-0.05, 0) is 51.0 Å². The molecule has 182 valence electrons. The van der Waals surface area contributed by atoms with Crippen LogP contribution < -0.4 is 0 Å². The Hall–Kier alpha value is -4.68. The highest BCUT2D eigenvalue weighted by Gasteiger charge is 2.38. The topological polar surface area (TPSA) is 0 Å². The predicted molar refractivity (Wildman–Crippen MR) is 162 cm³/mol. The first kappa shape index (κ1) is 23.7. The number of allylic oxidation sites excluding steroid dienone is 5. The molecule has 0 bridgehead atoms. The molecule has 0 radical (unpaired) electrons. The quantitative estimate of drug-likeness (QED) is 0.210. The van der Waals surface area contributed by atoms with E-state index in [0.717, 1.165) is 6.42 Å². The molecule has 0 heterocycles. The van der Waals surface area contributed by atoms with Crippen molar-refractivity contribution in [2.24, 2.45) is 0 Å². The van der Waals surface area contributed by atoms with Crippen LogP contribution in [0.5, 0.6) is 0 Å². The van der Waals surface area contributed by atoms with Crippen LogP contribution in [0.4, 0.5) is 0 Å². The molecule has 5 aromatic rings. The number of hydrogen-bond donors (Lipinski definition) is 0. The van der Waals surface area contributed by atoms with Crippen molar-refractivity contribution in [2.75, 3.05) is 0 Å². The van der Waals surface area contributed by atoms with Crippen molar-refractivity contribution in [1.29, 1.82) is 0 Å². The van der Waals surface area contributed by atoms with E-state index in [1.54, 1.807) is 0 Å². The van der Waals surface area contributed by atoms with E-state index in [2.05, 4.69) is 170 Å². The lowest BCUT2D eigenvalue weighted by Crippen LogP contribution is -2.28. The minimum absolute atomic E-state index is 0.345. The van der Waals surface area contributed by atoms with Crippen molar-refractivity contribution in [1.82, 2.24) is 0 Å². The highest BCUT2D eigenvalue weighted by molar-refractivity contribution is 6.03. The molecule has 5 aromatic carbocycles. The molecule has 38 heavy (non-hydrogen) atoms. The van der Waals surface area contributed by atoms with Crippen molar-refractivity contribution in [3.8, 4) is 0 Å². The van der Waals surface area contributed by atoms with Gasteiger partial charge >= 0.3 is 0 Å². The molecule has 0 amide bonds. The zero-order valence-electron chi connectivity index (χ0n) is 21.4. The van der Waals surface area contributed by atoms with Gasteiger partial charge in [-0.2, -0.15) is 0 Å². The van der Waals surface area contributed by atoms with Crippen LogP contribution in [-0.4, -0.2) is 0 Å². The third-order valence-electron chi connectivity index (χ3n) is 7.47. The highest BCUT2D eigenvalue weighted by Crippen LogP contribution is 2.50. The largest absolute Gasteiger partial charge is 0.0751 e. The van der Waals surface area contributed by atoms with Crippen molar-refractivity contribution in [3.05, 3.63) is 198 Å². The van der Waals surface area contributed by atoms with Gasteiger partial charge in [-0.25, -0.2) is 0 Å². The van der Waals surface area contributed by atoms with Gasteiger partial charge < -0.3 is 0 Å². The summed E-state index contributed by atoms with van der Waals surface area (Å²) in [6.07, 6.45) is 8.05. The molecule has 0 saturated carbocycles. The molecule has 0 saturated heterocycles. The van der Waals surface area contributed by atoms with Gasteiger partial charge in [0.15, 0.2) is 0 Å². The molecule has 0 spiro atoms. The van der Waals surface area contributed by atoms with Crippen LogP contribution in [0, 0.1) is 0 Å². The maximum atomic E-state index is 2.44. The summed E-state index contributed by atoms with van der Waals surface area (Å²) < 4.78 is 0. The van der Waals surface area contributed by atoms with Gasteiger partial charge in [-0.15, -0.1) is 0 Å². The van der Waals surface area contributed by atoms with Gasteiger partial charge in [0.1, 0.15) is 0 Å². The van der Waals surface area contributed by atoms with Gasteiger partial charge in [0, 0.05) is 5.41 Å². The molecular formula is C38H30. The predicted octanol–water partition coefficient (Wildman–Crippen LogP) is 9.63. The summed E-state index contributed by atoms with van der Waals surface area (Å²) >= 11 is 0. The zero-order valence-corrected chi connectivity index (χ0v) is 21.4. The standard InChI is InChI=1S/C38H30/c1-6-16-30(17-7-1)31-26-28-38(29-27-31,35-24-14-5-15-25-35)37(34-22-12-4-13-23-34)36(32-18-8-2-9-19-32)33-20-10-3-11-21-33/h1-28H,29H2. The number of benzene rings is 5. The average molecular weight is 487 g/mol. The van der Waals surface area contributed by atoms with E-state index in [1.165, 1.54) is 44.5 Å². The van der Waals surface area contributed by atoms with Gasteiger partial charge in [-0.3, -0.25) is 0 Å². The molecule has 0 nitrogen and oxygen atoms in total. The van der Waals surface area contributed by atoms with Gasteiger partial charge in [0.05, 0.1) is 0 Å². The first-order chi connectivity index (χ1) is 18.9. The van der Waals surface area contributed by atoms with Crippen molar-refractivity contribution in [3.63, 3.8) is 0 Å². The van der Waals surface area contributed by atoms with E-state index in [1.807, 2.05) is 0 Å². The lowest BCUT2D eigenvalue weighted by atomic mass is 9.64. The molecule has 0 N–H and O–H groups in total. The summed E-state index contributed by atoms with van der Waals surface area (Å²) in [5.41, 5.74) is 9.74. The first-order valence-electron chi connectivity index (χ1n) is 13.3. The average Bonchev–Trinajstić information content (AvgIpc) is 3.02. The van der Waals surface area contributed by atoms with Crippen LogP contribution in [0.1, 0.15) is 34.2 Å². The molecule has 0 aromatic heterocycles. The third kappa shape index (κ3) is 4.58. The Bertz CT molecular complexity index is 1530. The number of hydrogen-bond acceptors (Lipinski definition) is 0. The van der Waals surface area contributed by atoms with E-state index in [-0.39, 0.29) is 5.41 Å². The van der Waals surface area contributed by atoms with Gasteiger partial charge in [0.25, 0.3) is 0 Å². The van der Waals surface area contributed by atoms with E-state index < -0.39 is 0 Å². The minimum atomic E-state index is -0.345. The van der Waals surface area contributed by atoms with Crippen LogP contribution in [-0.2, 0) is 5.41 Å². The molecule has 1 aliphatic rings. The van der Waals surface area contributed by atoms with Crippen LogP contribution in [0.2, 0.25) is 0 Å². The van der Waals surface area contributed by atoms with Gasteiger partial charge in [-0.1, -0.05) is 170 Å².